The van der Waals surface area contributed by atoms with Crippen molar-refractivity contribution in [1.82, 2.24) is 40.4 Å². The predicted octanol–water partition coefficient (Wildman–Crippen LogP) is -2.43. The number of aliphatic hydroxyl groups is 2. The Morgan fingerprint density at radius 2 is 1.75 bits per heavy atom. The zero-order valence-corrected chi connectivity index (χ0v) is 34.1. The molecular formula is C27H46N9O17P3S. The van der Waals surface area contributed by atoms with Gasteiger partial charge in [0.2, 0.25) is 17.7 Å². The van der Waals surface area contributed by atoms with Gasteiger partial charge in [-0.15, -0.1) is 0 Å². The first-order chi connectivity index (χ1) is 26.6. The van der Waals surface area contributed by atoms with Crippen LogP contribution in [0, 0.1) is 5.41 Å². The number of aromatic nitrogens is 4. The number of ether oxygens (including phenoxy) is 1. The lowest BCUT2D eigenvalue weighted by atomic mass is 9.87. The quantitative estimate of drug-likeness (QED) is 0.0460. The smallest absolute Gasteiger partial charge is 0.387 e. The fourth-order valence-electron chi connectivity index (χ4n) is 5.35. The number of nitrogens with two attached hydrogens (primary N) is 1. The summed E-state index contributed by atoms with van der Waals surface area (Å²) in [6.45, 7) is 3.49. The second-order valence-electron chi connectivity index (χ2n) is 13.3. The van der Waals surface area contributed by atoms with E-state index in [1.165, 1.54) is 25.6 Å². The van der Waals surface area contributed by atoms with Crippen LogP contribution in [0.2, 0.25) is 0 Å². The van der Waals surface area contributed by atoms with Crippen molar-refractivity contribution in [2.75, 3.05) is 69.7 Å². The number of imidazole rings is 1. The summed E-state index contributed by atoms with van der Waals surface area (Å²) in [5, 5.41) is 29.6. The van der Waals surface area contributed by atoms with Crippen molar-refractivity contribution in [2.45, 2.75) is 50.9 Å². The lowest BCUT2D eigenvalue weighted by Crippen LogP contribution is -2.47. The van der Waals surface area contributed by atoms with Gasteiger partial charge >= 0.3 is 23.5 Å². The number of amides is 3. The Hall–Kier alpha value is -2.68. The zero-order valence-electron chi connectivity index (χ0n) is 30.6. The Balaban J connectivity index is 1.20. The molecule has 2 aliphatic rings. The number of phosphoric acid groups is 3. The van der Waals surface area contributed by atoms with Crippen LogP contribution in [0.1, 0.15) is 26.5 Å². The van der Waals surface area contributed by atoms with E-state index in [1.807, 2.05) is 0 Å². The van der Waals surface area contributed by atoms with Crippen LogP contribution in [0.25, 0.3) is 11.2 Å². The number of phosphoric ester groups is 3. The van der Waals surface area contributed by atoms with Gasteiger partial charge in [-0.2, -0.15) is 16.1 Å². The Kier molecular flexibility index (Phi) is 16.5. The zero-order chi connectivity index (χ0) is 42.2. The highest BCUT2D eigenvalue weighted by Gasteiger charge is 2.50. The molecule has 0 saturated carbocycles. The highest BCUT2D eigenvalue weighted by molar-refractivity contribution is 7.99. The Labute approximate surface area is 329 Å². The molecule has 4 heterocycles. The van der Waals surface area contributed by atoms with Gasteiger partial charge < -0.3 is 61.1 Å². The van der Waals surface area contributed by atoms with Gasteiger partial charge in [-0.1, -0.05) is 13.8 Å². The van der Waals surface area contributed by atoms with E-state index in [2.05, 4.69) is 35.2 Å². The predicted molar refractivity (Wildman–Crippen MR) is 196 cm³/mol. The fraction of sp³-hybridized carbons (Fsp3) is 0.704. The molecule has 26 nitrogen and oxygen atoms in total. The number of fused-ring (bicyclic) bond motifs is 1. The topological polar surface area (TPSA) is 379 Å². The number of nitrogen functional groups attached to an aromatic ring is 1. The number of rotatable bonds is 21. The maximum Gasteiger partial charge on any atom is 0.481 e. The van der Waals surface area contributed by atoms with E-state index >= 15 is 0 Å². The molecule has 2 aromatic heterocycles. The lowest BCUT2D eigenvalue weighted by Gasteiger charge is -2.30. The average molecular weight is 894 g/mol. The Bertz CT molecular complexity index is 1870. The molecular weight excluding hydrogens is 847 g/mol. The van der Waals surface area contributed by atoms with Crippen molar-refractivity contribution in [3.8, 4) is 0 Å². The molecule has 322 valence electrons. The maximum absolute atomic E-state index is 12.6. The summed E-state index contributed by atoms with van der Waals surface area (Å²) >= 11 is 1.38. The number of nitrogens with one attached hydrogen (secondary N) is 3. The Morgan fingerprint density at radius 3 is 2.44 bits per heavy atom. The summed E-state index contributed by atoms with van der Waals surface area (Å²) in [7, 11) is -16.3. The number of aliphatic hydroxyl groups excluding tert-OH is 2. The number of hydrogen-bond acceptors (Lipinski definition) is 19. The monoisotopic (exact) mass is 893 g/mol. The van der Waals surface area contributed by atoms with E-state index in [9.17, 15) is 57.9 Å². The lowest BCUT2D eigenvalue weighted by molar-refractivity contribution is -0.137. The third-order valence-corrected chi connectivity index (χ3v) is 12.4. The molecule has 0 spiro atoms. The summed E-state index contributed by atoms with van der Waals surface area (Å²) in [5.74, 6) is -0.605. The molecule has 57 heavy (non-hydrogen) atoms. The number of hydrogen-bond donors (Lipinski definition) is 10. The van der Waals surface area contributed by atoms with Crippen LogP contribution in [0.3, 0.4) is 0 Å². The van der Waals surface area contributed by atoms with Crippen molar-refractivity contribution in [2.24, 2.45) is 5.41 Å². The van der Waals surface area contributed by atoms with Crippen LogP contribution in [-0.2, 0) is 50.7 Å². The van der Waals surface area contributed by atoms with Crippen LogP contribution >= 0.6 is 35.2 Å². The minimum atomic E-state index is -5.53. The first-order valence-electron chi connectivity index (χ1n) is 17.0. The van der Waals surface area contributed by atoms with E-state index in [4.69, 9.17) is 24.0 Å². The molecule has 0 bridgehead atoms. The Morgan fingerprint density at radius 1 is 1.07 bits per heavy atom. The molecule has 7 atom stereocenters. The van der Waals surface area contributed by atoms with Gasteiger partial charge in [0.05, 0.1) is 25.3 Å². The van der Waals surface area contributed by atoms with Crippen molar-refractivity contribution in [3.05, 3.63) is 12.7 Å². The van der Waals surface area contributed by atoms with E-state index in [-0.39, 0.29) is 48.2 Å². The fourth-order valence-corrected chi connectivity index (χ4v) is 8.89. The van der Waals surface area contributed by atoms with E-state index in [0.717, 1.165) is 30.3 Å². The van der Waals surface area contributed by atoms with Crippen LogP contribution < -0.4 is 21.7 Å². The highest BCUT2D eigenvalue weighted by Crippen LogP contribution is 2.61. The number of carbonyl (C=O) groups excluding carboxylic acids is 3. The molecule has 2 aliphatic heterocycles. The van der Waals surface area contributed by atoms with E-state index < -0.39 is 84.6 Å². The van der Waals surface area contributed by atoms with Gasteiger partial charge in [-0.25, -0.2) is 28.6 Å². The van der Waals surface area contributed by atoms with Gasteiger partial charge in [0.1, 0.15) is 36.3 Å². The third-order valence-electron chi connectivity index (χ3n) is 8.34. The van der Waals surface area contributed by atoms with Gasteiger partial charge in [0.15, 0.2) is 17.7 Å². The van der Waals surface area contributed by atoms with Gasteiger partial charge in [0, 0.05) is 56.9 Å². The summed E-state index contributed by atoms with van der Waals surface area (Å²) in [6.07, 6.45) is -6.90. The second-order valence-corrected chi connectivity index (χ2v) is 18.6. The molecule has 0 radical (unpaired) electrons. The minimum Gasteiger partial charge on any atom is -0.387 e. The van der Waals surface area contributed by atoms with Crippen LogP contribution in [0.15, 0.2) is 12.7 Å². The normalized spacial score (nSPS) is 23.1. The summed E-state index contributed by atoms with van der Waals surface area (Å²) in [5.41, 5.74) is 4.23. The van der Waals surface area contributed by atoms with Crippen LogP contribution in [0.5, 0.6) is 0 Å². The molecule has 2 saturated heterocycles. The molecule has 3 amide bonds. The van der Waals surface area contributed by atoms with Crippen molar-refractivity contribution >= 4 is 69.9 Å². The average Bonchev–Trinajstić information content (AvgIpc) is 3.69. The summed E-state index contributed by atoms with van der Waals surface area (Å²) in [6, 6.07) is 0. The largest absolute Gasteiger partial charge is 0.481 e. The van der Waals surface area contributed by atoms with Crippen LogP contribution in [-0.4, -0.2) is 160 Å². The summed E-state index contributed by atoms with van der Waals surface area (Å²) in [4.78, 5) is 89.6. The molecule has 11 N–H and O–H groups in total. The standard InChI is InChI=1S/C27H46N9O17P3S/c1-27(2,22(40)25(41)31-4-3-17(37)30-7-10-57-12-18(38)35-8-5-29-6-9-35)13-50-56(47,48)53-55(45,46)49-11-16-20(39)21(52-54(42,43)44)26(51-16)36-15-34-19-23(28)32-14-33-24(19)36/h14-16,20-22,26,29,39-40H,3-13H2,1-2H3,(H,30,37)(H,31,41)(H,45,46)(H,47,48)(H2,28,32,33)(H2,42,43,44)/t16-,20-,21-,22+,26-/m1/s1. The first kappa shape index (κ1) is 47.0. The number of nitrogens with zero attached hydrogens (tertiary/aromatic N) is 5. The maximum atomic E-state index is 12.6. The molecule has 2 fully saturated rings. The minimum absolute atomic E-state index is 0.00178. The van der Waals surface area contributed by atoms with Crippen molar-refractivity contribution in [3.63, 3.8) is 0 Å². The number of anilines is 1. The number of carbonyl (C=O) groups is 3. The number of piperazine rings is 1. The van der Waals surface area contributed by atoms with E-state index in [1.54, 1.807) is 4.90 Å². The van der Waals surface area contributed by atoms with Gasteiger partial charge in [-0.05, 0) is 0 Å². The molecule has 0 aromatic carbocycles. The SMILES string of the molecule is CC(C)(COP(=O)(O)OP(=O)(O)OC[C@H]1O[C@@H](n2cnc3c(N)ncnc32)[C@H](OP(=O)(O)O)[C@@H]1O)[C@@H](O)C(=O)NCCC(=O)NCCSCC(=O)N1CCNCC1. The molecule has 30 heteroatoms. The van der Waals surface area contributed by atoms with Crippen LogP contribution in [0.4, 0.5) is 5.82 Å². The first-order valence-corrected chi connectivity index (χ1v) is 22.7. The van der Waals surface area contributed by atoms with Crippen molar-refractivity contribution < 1.29 is 80.5 Å². The van der Waals surface area contributed by atoms with E-state index in [0.29, 0.717) is 18.8 Å². The van der Waals surface area contributed by atoms with Gasteiger partial charge in [-0.3, -0.25) is 32.5 Å². The molecule has 2 unspecified atom stereocenters. The molecule has 4 rings (SSSR count). The number of thioether (sulfide) groups is 1. The molecule has 2 aromatic rings. The third kappa shape index (κ3) is 14.0. The van der Waals surface area contributed by atoms with Gasteiger partial charge in [0.25, 0.3) is 0 Å². The highest BCUT2D eigenvalue weighted by atomic mass is 32.2. The molecule has 0 aliphatic carbocycles. The van der Waals surface area contributed by atoms with Crippen molar-refractivity contribution in [1.29, 1.82) is 0 Å². The second kappa shape index (κ2) is 20.1. The summed E-state index contributed by atoms with van der Waals surface area (Å²) < 4.78 is 62.2.